The fourth-order valence-electron chi connectivity index (χ4n) is 5.43. The molecule has 218 valence electrons. The molecule has 1 aliphatic heterocycles. The summed E-state index contributed by atoms with van der Waals surface area (Å²) in [7, 11) is 0. The molecule has 3 aromatic carbocycles. The first kappa shape index (κ1) is 28.9. The number of aromatic nitrogens is 2. The number of hydrogen-bond acceptors (Lipinski definition) is 7. The molecule has 5 rings (SSSR count). The summed E-state index contributed by atoms with van der Waals surface area (Å²) in [5.41, 5.74) is 2.15. The van der Waals surface area contributed by atoms with Crippen LogP contribution in [0, 0.1) is 21.4 Å². The molecule has 0 radical (unpaired) electrons. The molecule has 0 spiro atoms. The van der Waals surface area contributed by atoms with Crippen molar-refractivity contribution in [3.63, 3.8) is 0 Å². The molecule has 0 N–H and O–H groups in total. The third kappa shape index (κ3) is 5.86. The Balaban J connectivity index is 1.46. The van der Waals surface area contributed by atoms with Crippen LogP contribution in [0.2, 0.25) is 0 Å². The van der Waals surface area contributed by atoms with Gasteiger partial charge < -0.3 is 18.9 Å². The Kier molecular flexibility index (Phi) is 7.78. The largest absolute Gasteiger partial charge is 0.483 e. The minimum Gasteiger partial charge on any atom is -0.483 e. The zero-order valence-electron chi connectivity index (χ0n) is 24.6. The summed E-state index contributed by atoms with van der Waals surface area (Å²) in [5, 5.41) is 23.6. The molecule has 1 aliphatic rings. The summed E-state index contributed by atoms with van der Waals surface area (Å²) >= 11 is 0. The molecular formula is C32H35N5O5. The SMILES string of the molecule is CC(C)c1nc2cc(OC3CCN(C(=O)OC(C)(C)C)CC3)c([N+](=O)[O-])cc2n1Cc1ccc(C#N)c2ccccc12. The maximum atomic E-state index is 12.4. The van der Waals surface area contributed by atoms with E-state index < -0.39 is 10.5 Å². The Morgan fingerprint density at radius 1 is 1.14 bits per heavy atom. The lowest BCUT2D eigenvalue weighted by molar-refractivity contribution is -0.386. The first-order valence-electron chi connectivity index (χ1n) is 14.2. The number of likely N-dealkylation sites (tertiary alicyclic amines) is 1. The number of hydrogen-bond donors (Lipinski definition) is 0. The molecule has 0 bridgehead atoms. The van der Waals surface area contributed by atoms with Gasteiger partial charge in [0.15, 0.2) is 5.75 Å². The molecule has 2 heterocycles. The van der Waals surface area contributed by atoms with Crippen molar-refractivity contribution in [2.45, 2.75) is 71.6 Å². The van der Waals surface area contributed by atoms with E-state index in [1.54, 1.807) is 17.0 Å². The highest BCUT2D eigenvalue weighted by Crippen LogP contribution is 2.36. The molecule has 42 heavy (non-hydrogen) atoms. The number of imidazole rings is 1. The number of carbonyl (C=O) groups is 1. The Morgan fingerprint density at radius 2 is 1.83 bits per heavy atom. The molecular weight excluding hydrogens is 534 g/mol. The average Bonchev–Trinajstić information content (AvgIpc) is 3.29. The second kappa shape index (κ2) is 11.3. The summed E-state index contributed by atoms with van der Waals surface area (Å²) in [6.45, 7) is 10.9. The third-order valence-corrected chi connectivity index (χ3v) is 7.42. The Morgan fingerprint density at radius 3 is 2.45 bits per heavy atom. The molecule has 10 nitrogen and oxygen atoms in total. The fraction of sp³-hybridized carbons (Fsp3) is 0.406. The van der Waals surface area contributed by atoms with Crippen LogP contribution in [-0.4, -0.2) is 50.3 Å². The Bertz CT molecular complexity index is 1700. The van der Waals surface area contributed by atoms with E-state index in [0.29, 0.717) is 49.1 Å². The number of carbonyl (C=O) groups excluding carboxylic acids is 1. The number of nitriles is 1. The van der Waals surface area contributed by atoms with Gasteiger partial charge >= 0.3 is 11.8 Å². The van der Waals surface area contributed by atoms with E-state index in [-0.39, 0.29) is 29.6 Å². The van der Waals surface area contributed by atoms with Gasteiger partial charge in [-0.3, -0.25) is 10.1 Å². The quantitative estimate of drug-likeness (QED) is 0.182. The lowest BCUT2D eigenvalue weighted by Gasteiger charge is -2.33. The first-order chi connectivity index (χ1) is 19.9. The van der Waals surface area contributed by atoms with Crippen LogP contribution in [-0.2, 0) is 11.3 Å². The molecule has 0 unspecified atom stereocenters. The van der Waals surface area contributed by atoms with Crippen molar-refractivity contribution in [2.75, 3.05) is 13.1 Å². The Hall–Kier alpha value is -4.65. The van der Waals surface area contributed by atoms with Crippen molar-refractivity contribution in [2.24, 2.45) is 0 Å². The van der Waals surface area contributed by atoms with Gasteiger partial charge in [0.25, 0.3) is 0 Å². The van der Waals surface area contributed by atoms with Crippen LogP contribution >= 0.6 is 0 Å². The van der Waals surface area contributed by atoms with Crippen LogP contribution in [0.4, 0.5) is 10.5 Å². The number of nitrogens with zero attached hydrogens (tertiary/aromatic N) is 5. The van der Waals surface area contributed by atoms with Crippen LogP contribution in [0.5, 0.6) is 5.75 Å². The van der Waals surface area contributed by atoms with Gasteiger partial charge in [0.2, 0.25) is 0 Å². The van der Waals surface area contributed by atoms with Crippen LogP contribution < -0.4 is 4.74 Å². The lowest BCUT2D eigenvalue weighted by atomic mass is 10.00. The summed E-state index contributed by atoms with van der Waals surface area (Å²) in [6, 6.07) is 17.0. The van der Waals surface area contributed by atoms with Gasteiger partial charge in [0.1, 0.15) is 17.5 Å². The highest BCUT2D eigenvalue weighted by atomic mass is 16.6. The van der Waals surface area contributed by atoms with Crippen LogP contribution in [0.1, 0.15) is 70.3 Å². The normalized spacial score (nSPS) is 14.4. The second-order valence-electron chi connectivity index (χ2n) is 12.0. The standard InChI is InChI=1S/C32H35N5O5/c1-20(2)30-34-26-16-29(41-23-12-14-35(15-13-23)31(38)42-32(3,4)5)28(37(39)40)17-27(26)36(30)19-22-11-10-21(18-33)24-8-6-7-9-25(22)24/h6-11,16-17,20,23H,12-15,19H2,1-5H3. The van der Waals surface area contributed by atoms with Gasteiger partial charge in [0.05, 0.1) is 27.6 Å². The van der Waals surface area contributed by atoms with E-state index in [4.69, 9.17) is 14.5 Å². The third-order valence-electron chi connectivity index (χ3n) is 7.42. The van der Waals surface area contributed by atoms with Gasteiger partial charge in [-0.05, 0) is 43.2 Å². The smallest absolute Gasteiger partial charge is 0.410 e. The number of amides is 1. The summed E-state index contributed by atoms with van der Waals surface area (Å²) < 4.78 is 13.7. The van der Waals surface area contributed by atoms with E-state index in [1.807, 2.05) is 75.6 Å². The molecule has 0 atom stereocenters. The predicted molar refractivity (Wildman–Crippen MR) is 160 cm³/mol. The van der Waals surface area contributed by atoms with Crippen molar-refractivity contribution in [3.05, 3.63) is 75.6 Å². The topological polar surface area (TPSA) is 124 Å². The van der Waals surface area contributed by atoms with Crippen LogP contribution in [0.3, 0.4) is 0 Å². The summed E-state index contributed by atoms with van der Waals surface area (Å²) in [6.07, 6.45) is 0.421. The van der Waals surface area contributed by atoms with Crippen molar-refractivity contribution in [1.29, 1.82) is 5.26 Å². The van der Waals surface area contributed by atoms with E-state index >= 15 is 0 Å². The highest BCUT2D eigenvalue weighted by molar-refractivity contribution is 5.91. The van der Waals surface area contributed by atoms with Crippen LogP contribution in [0.15, 0.2) is 48.5 Å². The zero-order valence-corrected chi connectivity index (χ0v) is 24.6. The fourth-order valence-corrected chi connectivity index (χ4v) is 5.43. The number of benzene rings is 3. The molecule has 1 saturated heterocycles. The number of rotatable bonds is 6. The monoisotopic (exact) mass is 569 g/mol. The van der Waals surface area contributed by atoms with Crippen LogP contribution in [0.25, 0.3) is 21.8 Å². The first-order valence-corrected chi connectivity index (χ1v) is 14.2. The summed E-state index contributed by atoms with van der Waals surface area (Å²) in [5.74, 6) is 1.03. The number of fused-ring (bicyclic) bond motifs is 2. The van der Waals surface area contributed by atoms with Gasteiger partial charge in [0, 0.05) is 50.5 Å². The average molecular weight is 570 g/mol. The minimum absolute atomic E-state index is 0.0580. The van der Waals surface area contributed by atoms with E-state index in [1.165, 1.54) is 0 Å². The van der Waals surface area contributed by atoms with Crippen molar-refractivity contribution in [3.8, 4) is 11.8 Å². The molecule has 1 fully saturated rings. The van der Waals surface area contributed by atoms with Gasteiger partial charge in [-0.15, -0.1) is 0 Å². The summed E-state index contributed by atoms with van der Waals surface area (Å²) in [4.78, 5) is 30.8. The molecule has 0 saturated carbocycles. The van der Waals surface area contributed by atoms with Crippen molar-refractivity contribution < 1.29 is 19.2 Å². The molecule has 1 amide bonds. The number of ether oxygens (including phenoxy) is 2. The van der Waals surface area contributed by atoms with Gasteiger partial charge in [-0.25, -0.2) is 9.78 Å². The number of nitro benzene ring substituents is 1. The second-order valence-corrected chi connectivity index (χ2v) is 12.0. The lowest BCUT2D eigenvalue weighted by Crippen LogP contribution is -2.44. The van der Waals surface area contributed by atoms with E-state index in [9.17, 15) is 20.2 Å². The van der Waals surface area contributed by atoms with Gasteiger partial charge in [-0.2, -0.15) is 5.26 Å². The van der Waals surface area contributed by atoms with Crippen molar-refractivity contribution in [1.82, 2.24) is 14.5 Å². The number of nitro groups is 1. The Labute approximate surface area is 244 Å². The molecule has 10 heteroatoms. The van der Waals surface area contributed by atoms with Gasteiger partial charge in [-0.1, -0.05) is 44.2 Å². The number of piperidine rings is 1. The zero-order chi connectivity index (χ0) is 30.2. The van der Waals surface area contributed by atoms with E-state index in [2.05, 4.69) is 6.07 Å². The molecule has 1 aromatic heterocycles. The highest BCUT2D eigenvalue weighted by Gasteiger charge is 2.30. The van der Waals surface area contributed by atoms with Crippen molar-refractivity contribution >= 4 is 33.6 Å². The maximum Gasteiger partial charge on any atom is 0.410 e. The molecule has 0 aliphatic carbocycles. The maximum absolute atomic E-state index is 12.4. The molecule has 4 aromatic rings. The minimum atomic E-state index is -0.577. The predicted octanol–water partition coefficient (Wildman–Crippen LogP) is 6.92. The van der Waals surface area contributed by atoms with E-state index in [0.717, 1.165) is 22.2 Å².